The minimum Gasteiger partial charge on any atom is -1.00 e. The topological polar surface area (TPSA) is 24.2 Å². The highest BCUT2D eigenvalue weighted by Gasteiger charge is 2.38. The zero-order valence-corrected chi connectivity index (χ0v) is 16.3. The molecule has 1 aromatic carbocycles. The lowest BCUT2D eigenvalue weighted by molar-refractivity contribution is -0.689. The Morgan fingerprint density at radius 1 is 1.20 bits per heavy atom. The first-order valence-electron chi connectivity index (χ1n) is 8.35. The van der Waals surface area contributed by atoms with E-state index in [1.807, 2.05) is 42.9 Å². The van der Waals surface area contributed by atoms with E-state index in [0.29, 0.717) is 6.54 Å². The number of carbonyl (C=O) groups excluding carboxylic acids is 1. The minimum atomic E-state index is -0.159. The Balaban J connectivity index is 0.00000225. The Morgan fingerprint density at radius 2 is 1.88 bits per heavy atom. The van der Waals surface area contributed by atoms with Gasteiger partial charge in [0.2, 0.25) is 12.3 Å². The van der Waals surface area contributed by atoms with Gasteiger partial charge in [0.05, 0.1) is 0 Å². The molecule has 4 heteroatoms. The van der Waals surface area contributed by atoms with Crippen LogP contribution in [0.5, 0.6) is 0 Å². The van der Waals surface area contributed by atoms with Crippen molar-refractivity contribution in [3.05, 3.63) is 71.2 Å². The number of hydrogen-bond acceptors (Lipinski definition) is 2. The van der Waals surface area contributed by atoms with E-state index in [0.717, 1.165) is 11.4 Å². The average molecular weight is 357 g/mol. The minimum absolute atomic E-state index is 0. The number of carbonyl (C=O) groups is 1. The smallest absolute Gasteiger partial charge is 0.222 e. The number of ketones is 1. The van der Waals surface area contributed by atoms with Gasteiger partial charge in [-0.2, -0.15) is 4.57 Å². The second-order valence-electron chi connectivity index (χ2n) is 7.17. The standard InChI is InChI=1S/C21H25N2O.ClH/c1-15-10-11-23(16(2)12-15)14-17(24)13-20-21(3,4)18-8-6-7-9-19(18)22(20)5;/h6-13H,14H2,1-5H3;1H/q+1;/p-1. The number of fused-ring (bicyclic) bond motifs is 1. The van der Waals surface area contributed by atoms with Crippen LogP contribution in [0.2, 0.25) is 0 Å². The quantitative estimate of drug-likeness (QED) is 0.590. The molecule has 0 N–H and O–H groups in total. The number of rotatable bonds is 3. The first-order valence-corrected chi connectivity index (χ1v) is 8.35. The number of aromatic nitrogens is 1. The number of nitrogens with zero attached hydrogens (tertiary/aromatic N) is 2. The van der Waals surface area contributed by atoms with Crippen molar-refractivity contribution in [2.75, 3.05) is 11.9 Å². The molecule has 1 aromatic heterocycles. The third-order valence-corrected chi connectivity index (χ3v) is 4.97. The molecule has 132 valence electrons. The van der Waals surface area contributed by atoms with Gasteiger partial charge in [0, 0.05) is 49.0 Å². The van der Waals surface area contributed by atoms with E-state index in [4.69, 9.17) is 0 Å². The van der Waals surface area contributed by atoms with Gasteiger partial charge in [0.1, 0.15) is 0 Å². The predicted octanol–water partition coefficient (Wildman–Crippen LogP) is 0.476. The Labute approximate surface area is 156 Å². The van der Waals surface area contributed by atoms with Crippen molar-refractivity contribution < 1.29 is 21.8 Å². The van der Waals surface area contributed by atoms with Gasteiger partial charge in [0.15, 0.2) is 11.9 Å². The highest BCUT2D eigenvalue weighted by atomic mass is 35.5. The van der Waals surface area contributed by atoms with Crippen molar-refractivity contribution in [3.63, 3.8) is 0 Å². The molecule has 0 amide bonds. The first-order chi connectivity index (χ1) is 11.3. The Bertz CT molecular complexity index is 840. The normalized spacial score (nSPS) is 16.5. The van der Waals surface area contributed by atoms with Crippen molar-refractivity contribution in [1.82, 2.24) is 0 Å². The van der Waals surface area contributed by atoms with Gasteiger partial charge < -0.3 is 17.3 Å². The molecule has 0 radical (unpaired) electrons. The Kier molecular flexibility index (Phi) is 5.38. The van der Waals surface area contributed by atoms with Crippen molar-refractivity contribution in [3.8, 4) is 0 Å². The summed E-state index contributed by atoms with van der Waals surface area (Å²) in [6, 6.07) is 12.5. The zero-order chi connectivity index (χ0) is 17.5. The van der Waals surface area contributed by atoms with E-state index in [9.17, 15) is 4.79 Å². The van der Waals surface area contributed by atoms with Crippen molar-refractivity contribution in [1.29, 1.82) is 0 Å². The molecule has 0 spiro atoms. The van der Waals surface area contributed by atoms with Gasteiger partial charge in [-0.3, -0.25) is 4.79 Å². The molecule has 2 heterocycles. The van der Waals surface area contributed by atoms with Crippen LogP contribution in [0, 0.1) is 13.8 Å². The number of pyridine rings is 1. The summed E-state index contributed by atoms with van der Waals surface area (Å²) in [4.78, 5) is 14.8. The van der Waals surface area contributed by atoms with E-state index < -0.39 is 0 Å². The molecule has 0 fully saturated rings. The highest BCUT2D eigenvalue weighted by Crippen LogP contribution is 2.46. The van der Waals surface area contributed by atoms with Crippen LogP contribution in [0.3, 0.4) is 0 Å². The molecule has 0 aliphatic carbocycles. The molecular formula is C21H25ClN2O. The van der Waals surface area contributed by atoms with Crippen LogP contribution < -0.4 is 21.9 Å². The molecule has 25 heavy (non-hydrogen) atoms. The van der Waals surface area contributed by atoms with Crippen LogP contribution in [-0.2, 0) is 16.8 Å². The summed E-state index contributed by atoms with van der Waals surface area (Å²) >= 11 is 0. The van der Waals surface area contributed by atoms with E-state index >= 15 is 0 Å². The lowest BCUT2D eigenvalue weighted by atomic mass is 9.83. The maximum atomic E-state index is 12.7. The van der Waals surface area contributed by atoms with Crippen molar-refractivity contribution in [2.24, 2.45) is 0 Å². The number of likely N-dealkylation sites (N-methyl/N-ethyl adjacent to an activating group) is 1. The van der Waals surface area contributed by atoms with Gasteiger partial charge in [-0.25, -0.2) is 0 Å². The number of para-hydroxylation sites is 1. The van der Waals surface area contributed by atoms with Crippen molar-refractivity contribution in [2.45, 2.75) is 39.7 Å². The van der Waals surface area contributed by atoms with Crippen LogP contribution in [0.4, 0.5) is 5.69 Å². The number of allylic oxidation sites excluding steroid dienone is 2. The maximum Gasteiger partial charge on any atom is 0.222 e. The fourth-order valence-electron chi connectivity index (χ4n) is 3.59. The second-order valence-corrected chi connectivity index (χ2v) is 7.17. The summed E-state index contributed by atoms with van der Waals surface area (Å²) in [5.74, 6) is 0.120. The van der Waals surface area contributed by atoms with E-state index in [2.05, 4.69) is 49.9 Å². The highest BCUT2D eigenvalue weighted by molar-refractivity contribution is 5.91. The number of halogens is 1. The number of aryl methyl sites for hydroxylation is 2. The maximum absolute atomic E-state index is 12.7. The van der Waals surface area contributed by atoms with Gasteiger partial charge in [-0.15, -0.1) is 0 Å². The lowest BCUT2D eigenvalue weighted by Gasteiger charge is -2.23. The molecule has 1 aliphatic rings. The molecule has 2 aromatic rings. The van der Waals surface area contributed by atoms with E-state index in [1.54, 1.807) is 0 Å². The van der Waals surface area contributed by atoms with Gasteiger partial charge in [-0.05, 0) is 24.1 Å². The zero-order valence-electron chi connectivity index (χ0n) is 15.5. The third kappa shape index (κ3) is 3.47. The lowest BCUT2D eigenvalue weighted by Crippen LogP contribution is -3.00. The fraction of sp³-hybridized carbons (Fsp3) is 0.333. The molecule has 0 unspecified atom stereocenters. The summed E-state index contributed by atoms with van der Waals surface area (Å²) < 4.78 is 2.00. The molecule has 3 rings (SSSR count). The summed E-state index contributed by atoms with van der Waals surface area (Å²) in [5, 5.41) is 0. The summed E-state index contributed by atoms with van der Waals surface area (Å²) in [6.07, 6.45) is 3.80. The number of hydrogen-bond donors (Lipinski definition) is 0. The van der Waals surface area contributed by atoms with E-state index in [-0.39, 0.29) is 23.6 Å². The monoisotopic (exact) mass is 356 g/mol. The summed E-state index contributed by atoms with van der Waals surface area (Å²) in [6.45, 7) is 8.83. The Morgan fingerprint density at radius 3 is 2.52 bits per heavy atom. The van der Waals surface area contributed by atoms with Crippen LogP contribution in [0.1, 0.15) is 30.7 Å². The van der Waals surface area contributed by atoms with Gasteiger partial charge in [0.25, 0.3) is 0 Å². The largest absolute Gasteiger partial charge is 1.00 e. The van der Waals surface area contributed by atoms with Crippen LogP contribution in [0.25, 0.3) is 0 Å². The van der Waals surface area contributed by atoms with Crippen LogP contribution >= 0.6 is 0 Å². The molecule has 3 nitrogen and oxygen atoms in total. The molecular weight excluding hydrogens is 332 g/mol. The van der Waals surface area contributed by atoms with Crippen LogP contribution in [0.15, 0.2) is 54.4 Å². The van der Waals surface area contributed by atoms with Crippen molar-refractivity contribution >= 4 is 11.5 Å². The van der Waals surface area contributed by atoms with E-state index in [1.165, 1.54) is 16.8 Å². The summed E-state index contributed by atoms with van der Waals surface area (Å²) in [7, 11) is 2.04. The number of benzene rings is 1. The summed E-state index contributed by atoms with van der Waals surface area (Å²) in [5.41, 5.74) is 5.66. The number of anilines is 1. The fourth-order valence-corrected chi connectivity index (χ4v) is 3.59. The molecule has 0 atom stereocenters. The van der Waals surface area contributed by atoms with Gasteiger partial charge in [-0.1, -0.05) is 32.0 Å². The average Bonchev–Trinajstić information content (AvgIpc) is 2.72. The Hall–Kier alpha value is -2.13. The molecule has 0 saturated heterocycles. The molecule has 1 aliphatic heterocycles. The first kappa shape index (κ1) is 19.2. The predicted molar refractivity (Wildman–Crippen MR) is 97.1 cm³/mol. The SMILES string of the molecule is Cc1cc[n+](CC(=O)C=C2N(C)c3ccccc3C2(C)C)c(C)c1.[Cl-]. The molecule has 0 bridgehead atoms. The third-order valence-electron chi connectivity index (χ3n) is 4.97. The molecule has 0 saturated carbocycles. The van der Waals surface area contributed by atoms with Crippen LogP contribution in [-0.4, -0.2) is 12.8 Å². The second kappa shape index (κ2) is 7.01. The van der Waals surface area contributed by atoms with Gasteiger partial charge >= 0.3 is 0 Å².